The number of carbonyl (C=O) groups excluding carboxylic acids is 1. The van der Waals surface area contributed by atoms with Crippen LogP contribution in [0.3, 0.4) is 0 Å². The number of hydrogen-bond acceptors (Lipinski definition) is 6. The summed E-state index contributed by atoms with van der Waals surface area (Å²) in [5, 5.41) is 3.07. The molecule has 2 aromatic heterocycles. The summed E-state index contributed by atoms with van der Waals surface area (Å²) in [5.41, 5.74) is 1.24. The third kappa shape index (κ3) is 2.72. The van der Waals surface area contributed by atoms with Crippen molar-refractivity contribution in [3.8, 4) is 5.88 Å². The van der Waals surface area contributed by atoms with E-state index in [4.69, 9.17) is 4.74 Å². The van der Waals surface area contributed by atoms with Crippen LogP contribution in [0, 0.1) is 0 Å². The minimum Gasteiger partial charge on any atom is -0.481 e. The summed E-state index contributed by atoms with van der Waals surface area (Å²) in [5.74, 6) is 0.556. The van der Waals surface area contributed by atoms with Crippen LogP contribution in [0.2, 0.25) is 0 Å². The fraction of sp³-hybridized carbons (Fsp3) is 0.267. The third-order valence-corrected chi connectivity index (χ3v) is 4.55. The number of nitrogens with zero attached hydrogens (tertiary/aromatic N) is 1. The van der Waals surface area contributed by atoms with Crippen LogP contribution in [-0.2, 0) is 4.79 Å². The van der Waals surface area contributed by atoms with Gasteiger partial charge in [0.1, 0.15) is 4.66 Å². The van der Waals surface area contributed by atoms with Gasteiger partial charge < -0.3 is 15.0 Å². The molecule has 0 amide bonds. The predicted octanol–water partition coefficient (Wildman–Crippen LogP) is -0.620. The number of pyridine rings is 1. The monoisotopic (exact) mass is 317 g/mol. The van der Waals surface area contributed by atoms with Crippen LogP contribution < -0.4 is 24.8 Å². The van der Waals surface area contributed by atoms with Crippen molar-refractivity contribution in [3.05, 3.63) is 43.4 Å². The lowest BCUT2D eigenvalue weighted by Crippen LogP contribution is -2.22. The third-order valence-electron chi connectivity index (χ3n) is 3.48. The zero-order chi connectivity index (χ0) is 15.7. The molecule has 0 radical (unpaired) electrons. The number of hydrogen-bond donors (Lipinski definition) is 2. The SMILES string of the molecule is COc1ccc(/C=c2\s/c(=C3\CNC(C)C3=O)[nH]c2=O)cn1. The van der Waals surface area contributed by atoms with Gasteiger partial charge in [0.25, 0.3) is 5.56 Å². The van der Waals surface area contributed by atoms with Crippen molar-refractivity contribution < 1.29 is 9.53 Å². The van der Waals surface area contributed by atoms with Crippen molar-refractivity contribution >= 4 is 28.8 Å². The molecule has 1 atom stereocenters. The molecule has 0 aliphatic carbocycles. The van der Waals surface area contributed by atoms with Crippen LogP contribution >= 0.6 is 11.3 Å². The van der Waals surface area contributed by atoms with E-state index in [2.05, 4.69) is 15.3 Å². The zero-order valence-corrected chi connectivity index (χ0v) is 13.0. The molecule has 1 saturated heterocycles. The molecule has 3 rings (SSSR count). The summed E-state index contributed by atoms with van der Waals surface area (Å²) < 4.78 is 6.17. The van der Waals surface area contributed by atoms with Crippen LogP contribution in [0.1, 0.15) is 12.5 Å². The Balaban J connectivity index is 2.06. The number of aromatic amines is 1. The van der Waals surface area contributed by atoms with Crippen molar-refractivity contribution in [1.29, 1.82) is 0 Å². The Labute approximate surface area is 130 Å². The van der Waals surface area contributed by atoms with Crippen molar-refractivity contribution in [2.75, 3.05) is 13.7 Å². The number of ketones is 1. The van der Waals surface area contributed by atoms with Gasteiger partial charge in [-0.15, -0.1) is 11.3 Å². The van der Waals surface area contributed by atoms with E-state index in [0.717, 1.165) is 5.56 Å². The highest BCUT2D eigenvalue weighted by atomic mass is 32.1. The summed E-state index contributed by atoms with van der Waals surface area (Å²) in [7, 11) is 1.55. The summed E-state index contributed by atoms with van der Waals surface area (Å²) in [4.78, 5) is 30.9. The van der Waals surface area contributed by atoms with Crippen molar-refractivity contribution in [1.82, 2.24) is 15.3 Å². The first-order valence-electron chi connectivity index (χ1n) is 6.80. The Bertz CT molecular complexity index is 880. The van der Waals surface area contributed by atoms with Gasteiger partial charge in [-0.25, -0.2) is 4.98 Å². The Morgan fingerprint density at radius 3 is 2.82 bits per heavy atom. The molecule has 0 aromatic carbocycles. The molecule has 3 heterocycles. The fourth-order valence-corrected chi connectivity index (χ4v) is 3.21. The number of H-pyrrole nitrogens is 1. The van der Waals surface area contributed by atoms with Gasteiger partial charge in [0, 0.05) is 24.4 Å². The van der Waals surface area contributed by atoms with Gasteiger partial charge in [-0.2, -0.15) is 0 Å². The molecular formula is C15H15N3O3S. The topological polar surface area (TPSA) is 84.1 Å². The maximum absolute atomic E-state index is 12.0. The highest BCUT2D eigenvalue weighted by Crippen LogP contribution is 2.08. The lowest BCUT2D eigenvalue weighted by atomic mass is 10.2. The average Bonchev–Trinajstić information content (AvgIpc) is 3.04. The molecule has 1 aliphatic rings. The number of Topliss-reactive ketones (excluding diaryl/α,β-unsaturated/α-hetero) is 1. The van der Waals surface area contributed by atoms with Gasteiger partial charge in [-0.05, 0) is 24.6 Å². The predicted molar refractivity (Wildman–Crippen MR) is 84.4 cm³/mol. The maximum Gasteiger partial charge on any atom is 0.266 e. The van der Waals surface area contributed by atoms with Gasteiger partial charge in [0.2, 0.25) is 5.88 Å². The quantitative estimate of drug-likeness (QED) is 0.771. The summed E-state index contributed by atoms with van der Waals surface area (Å²) in [6, 6.07) is 3.36. The van der Waals surface area contributed by atoms with Crippen LogP contribution in [0.5, 0.6) is 5.88 Å². The lowest BCUT2D eigenvalue weighted by Gasteiger charge is -1.96. The molecule has 1 fully saturated rings. The second-order valence-electron chi connectivity index (χ2n) is 4.97. The first-order chi connectivity index (χ1) is 10.6. The molecule has 0 bridgehead atoms. The van der Waals surface area contributed by atoms with E-state index in [0.29, 0.717) is 27.2 Å². The summed E-state index contributed by atoms with van der Waals surface area (Å²) >= 11 is 1.29. The second kappa shape index (κ2) is 5.86. The van der Waals surface area contributed by atoms with Gasteiger partial charge in [0.15, 0.2) is 5.78 Å². The molecule has 7 heteroatoms. The van der Waals surface area contributed by atoms with E-state index in [1.54, 1.807) is 25.4 Å². The molecule has 0 spiro atoms. The van der Waals surface area contributed by atoms with Crippen molar-refractivity contribution in [2.45, 2.75) is 13.0 Å². The Hall–Kier alpha value is -2.25. The molecule has 1 aliphatic heterocycles. The molecule has 1 unspecified atom stereocenters. The van der Waals surface area contributed by atoms with E-state index >= 15 is 0 Å². The molecule has 6 nitrogen and oxygen atoms in total. The van der Waals surface area contributed by atoms with Crippen LogP contribution in [0.15, 0.2) is 23.1 Å². The number of nitrogens with one attached hydrogen (secondary N) is 2. The minimum absolute atomic E-state index is 0.0372. The summed E-state index contributed by atoms with van der Waals surface area (Å²) in [6.07, 6.45) is 3.38. The number of aromatic nitrogens is 2. The van der Waals surface area contributed by atoms with E-state index < -0.39 is 0 Å². The Morgan fingerprint density at radius 2 is 2.23 bits per heavy atom. The highest BCUT2D eigenvalue weighted by molar-refractivity contribution is 7.07. The molecule has 0 saturated carbocycles. The van der Waals surface area contributed by atoms with Crippen LogP contribution in [-0.4, -0.2) is 35.4 Å². The van der Waals surface area contributed by atoms with Gasteiger partial charge in [-0.1, -0.05) is 0 Å². The second-order valence-corrected chi connectivity index (χ2v) is 6.03. The smallest absolute Gasteiger partial charge is 0.266 e. The Morgan fingerprint density at radius 1 is 1.41 bits per heavy atom. The van der Waals surface area contributed by atoms with Crippen molar-refractivity contribution in [2.24, 2.45) is 0 Å². The first-order valence-corrected chi connectivity index (χ1v) is 7.62. The number of thiazole rings is 1. The van der Waals surface area contributed by atoms with E-state index in [9.17, 15) is 9.59 Å². The molecule has 2 aromatic rings. The number of carbonyl (C=O) groups is 1. The maximum atomic E-state index is 12.0. The summed E-state index contributed by atoms with van der Waals surface area (Å²) in [6.45, 7) is 2.30. The van der Waals surface area contributed by atoms with Gasteiger partial charge >= 0.3 is 0 Å². The lowest BCUT2D eigenvalue weighted by molar-refractivity contribution is -0.114. The van der Waals surface area contributed by atoms with E-state index in [-0.39, 0.29) is 17.4 Å². The van der Waals surface area contributed by atoms with E-state index in [1.165, 1.54) is 11.3 Å². The molecule has 22 heavy (non-hydrogen) atoms. The van der Waals surface area contributed by atoms with Crippen molar-refractivity contribution in [3.63, 3.8) is 0 Å². The molecule has 2 N–H and O–H groups in total. The fourth-order valence-electron chi connectivity index (χ4n) is 2.22. The number of ether oxygens (including phenoxy) is 1. The largest absolute Gasteiger partial charge is 0.481 e. The minimum atomic E-state index is -0.198. The molecule has 114 valence electrons. The number of rotatable bonds is 2. The van der Waals surface area contributed by atoms with Crippen LogP contribution in [0.25, 0.3) is 11.6 Å². The average molecular weight is 317 g/mol. The standard InChI is InChI=1S/C15H15N3O3S/c1-8-13(19)10(7-16-8)15-18-14(20)11(22-15)5-9-3-4-12(21-2)17-6-9/h3-6,8,16H,7H2,1-2H3,(H,18,20)/b11-5-,15-10+. The van der Waals surface area contributed by atoms with E-state index in [1.807, 2.05) is 13.0 Å². The van der Waals surface area contributed by atoms with Gasteiger partial charge in [0.05, 0.1) is 17.7 Å². The first kappa shape index (κ1) is 14.7. The van der Waals surface area contributed by atoms with Gasteiger partial charge in [-0.3, -0.25) is 9.59 Å². The van der Waals surface area contributed by atoms with Crippen LogP contribution in [0.4, 0.5) is 0 Å². The Kier molecular flexibility index (Phi) is 3.91. The highest BCUT2D eigenvalue weighted by Gasteiger charge is 2.25. The normalized spacial score (nSPS) is 21.5. The number of methoxy groups -OCH3 is 1. The molecular weight excluding hydrogens is 302 g/mol. The zero-order valence-electron chi connectivity index (χ0n) is 12.2.